The second kappa shape index (κ2) is 7.85. The van der Waals surface area contributed by atoms with Crippen molar-refractivity contribution >= 4 is 39.0 Å². The molecule has 0 heterocycles. The van der Waals surface area contributed by atoms with Crippen molar-refractivity contribution in [3.8, 4) is 0 Å². The Labute approximate surface area is 146 Å². The molecule has 0 saturated heterocycles. The van der Waals surface area contributed by atoms with E-state index in [-0.39, 0.29) is 11.1 Å². The summed E-state index contributed by atoms with van der Waals surface area (Å²) in [6, 6.07) is 2.63. The van der Waals surface area contributed by atoms with Gasteiger partial charge in [-0.05, 0) is 28.9 Å². The lowest BCUT2D eigenvalue weighted by atomic mass is 10.1. The smallest absolute Gasteiger partial charge is 0.459 e. The van der Waals surface area contributed by atoms with Crippen LogP contribution in [0.3, 0.4) is 0 Å². The maximum atomic E-state index is 13.6. The number of non-ortho nitro benzene ring substituents is 1. The number of hydrogen-bond acceptors (Lipinski definition) is 5. The first-order valence-corrected chi connectivity index (χ1v) is 7.31. The van der Waals surface area contributed by atoms with Crippen LogP contribution in [0.25, 0.3) is 0 Å². The predicted molar refractivity (Wildman–Crippen MR) is 80.1 cm³/mol. The summed E-state index contributed by atoms with van der Waals surface area (Å²) in [5.74, 6) is -6.70. The molecule has 0 aliphatic carbocycles. The topological polar surface area (TPSA) is 81.8 Å². The molecule has 0 aliphatic rings. The largest absolute Gasteiger partial charge is 0.466 e. The van der Waals surface area contributed by atoms with E-state index in [9.17, 15) is 36.9 Å². The lowest BCUT2D eigenvalue weighted by molar-refractivity contribution is -0.384. The van der Waals surface area contributed by atoms with Crippen LogP contribution < -0.4 is 0 Å². The number of halogens is 6. The van der Waals surface area contributed by atoms with E-state index in [1.54, 1.807) is 0 Å². The second-order valence-corrected chi connectivity index (χ2v) is 5.36. The molecule has 0 aliphatic heterocycles. The monoisotopic (exact) mass is 432 g/mol. The minimum absolute atomic E-state index is 0.193. The fourth-order valence-electron chi connectivity index (χ4n) is 1.58. The van der Waals surface area contributed by atoms with Crippen molar-refractivity contribution in [3.63, 3.8) is 0 Å². The van der Waals surface area contributed by atoms with Crippen LogP contribution in [0, 0.1) is 10.1 Å². The van der Waals surface area contributed by atoms with Crippen molar-refractivity contribution in [2.24, 2.45) is 4.99 Å². The molecule has 1 aromatic carbocycles. The van der Waals surface area contributed by atoms with Gasteiger partial charge >= 0.3 is 18.1 Å². The zero-order valence-electron chi connectivity index (χ0n) is 12.4. The number of nitrogens with zero attached hydrogens (tertiary/aromatic N) is 2. The number of carbonyl (C=O) groups is 1. The maximum absolute atomic E-state index is 13.6. The Hall–Kier alpha value is -2.11. The number of nitro groups is 1. The first kappa shape index (κ1) is 20.9. The van der Waals surface area contributed by atoms with Crippen molar-refractivity contribution in [1.29, 1.82) is 0 Å². The highest BCUT2D eigenvalue weighted by molar-refractivity contribution is 9.10. The molecule has 6 nitrogen and oxygen atoms in total. The van der Waals surface area contributed by atoms with E-state index in [1.165, 1.54) is 6.92 Å². The zero-order chi connectivity index (χ0) is 19.4. The van der Waals surface area contributed by atoms with Gasteiger partial charge in [-0.15, -0.1) is 0 Å². The number of nitro benzene ring substituents is 1. The number of esters is 1. The molecule has 0 radical (unpaired) electrons. The highest BCUT2D eigenvalue weighted by Crippen LogP contribution is 2.39. The van der Waals surface area contributed by atoms with Crippen molar-refractivity contribution in [2.75, 3.05) is 6.61 Å². The number of alkyl halides is 5. The number of carbonyl (C=O) groups excluding carboxylic acids is 1. The van der Waals surface area contributed by atoms with E-state index in [2.05, 4.69) is 25.7 Å². The molecule has 0 fully saturated rings. The number of ether oxygens (including phenoxy) is 1. The summed E-state index contributed by atoms with van der Waals surface area (Å²) in [6.07, 6.45) is -7.38. The molecular formula is C13H10BrF5N2O4. The van der Waals surface area contributed by atoms with Gasteiger partial charge in [-0.25, -0.2) is 4.99 Å². The third kappa shape index (κ3) is 5.18. The molecule has 0 aromatic heterocycles. The fourth-order valence-corrected chi connectivity index (χ4v) is 2.03. The highest BCUT2D eigenvalue weighted by Gasteiger charge is 2.61. The molecule has 0 atom stereocenters. The number of aliphatic imine (C=N–C) groups is 1. The van der Waals surface area contributed by atoms with Crippen LogP contribution in [0.2, 0.25) is 0 Å². The second-order valence-electron chi connectivity index (χ2n) is 4.51. The van der Waals surface area contributed by atoms with Crippen LogP contribution in [0.5, 0.6) is 0 Å². The number of hydrogen-bond donors (Lipinski definition) is 0. The van der Waals surface area contributed by atoms with Crippen molar-refractivity contribution in [1.82, 2.24) is 0 Å². The Balaban J connectivity index is 3.39. The molecule has 25 heavy (non-hydrogen) atoms. The van der Waals surface area contributed by atoms with Crippen LogP contribution >= 0.6 is 15.9 Å². The van der Waals surface area contributed by atoms with E-state index < -0.39 is 46.5 Å². The number of rotatable bonds is 6. The summed E-state index contributed by atoms with van der Waals surface area (Å²) in [4.78, 5) is 24.4. The minimum Gasteiger partial charge on any atom is -0.466 e. The summed E-state index contributed by atoms with van der Waals surface area (Å²) in [6.45, 7) is 1.13. The van der Waals surface area contributed by atoms with Gasteiger partial charge in [0.25, 0.3) is 5.69 Å². The Morgan fingerprint density at radius 1 is 1.32 bits per heavy atom. The summed E-state index contributed by atoms with van der Waals surface area (Å²) in [5.41, 5.74) is -2.65. The molecule has 1 aromatic rings. The number of benzene rings is 1. The van der Waals surface area contributed by atoms with E-state index in [4.69, 9.17) is 0 Å². The van der Waals surface area contributed by atoms with Gasteiger partial charge in [0, 0.05) is 12.1 Å². The highest BCUT2D eigenvalue weighted by atomic mass is 79.9. The molecule has 0 N–H and O–H groups in total. The van der Waals surface area contributed by atoms with Gasteiger partial charge in [-0.1, -0.05) is 0 Å². The van der Waals surface area contributed by atoms with Crippen molar-refractivity contribution < 1.29 is 36.4 Å². The SMILES string of the molecule is CCOC(=O)CC(=Nc1ccc([N+](=O)[O-])cc1Br)C(F)(F)C(F)(F)F. The van der Waals surface area contributed by atoms with Gasteiger partial charge in [0.1, 0.15) is 5.71 Å². The quantitative estimate of drug-likeness (QED) is 0.216. The Bertz CT molecular complexity index is 706. The standard InChI is InChI=1S/C13H10BrF5N2O4/c1-2-25-11(22)6-10(12(15,16)13(17,18)19)20-9-4-3-7(21(23)24)5-8(9)14/h3-5H,2,6H2,1H3. The van der Waals surface area contributed by atoms with E-state index in [0.29, 0.717) is 0 Å². The van der Waals surface area contributed by atoms with Gasteiger partial charge in [-0.3, -0.25) is 14.9 Å². The van der Waals surface area contributed by atoms with E-state index in [0.717, 1.165) is 18.2 Å². The molecule has 1 rings (SSSR count). The molecule has 0 spiro atoms. The van der Waals surface area contributed by atoms with Crippen molar-refractivity contribution in [3.05, 3.63) is 32.8 Å². The van der Waals surface area contributed by atoms with E-state index >= 15 is 0 Å². The van der Waals surface area contributed by atoms with Gasteiger partial charge < -0.3 is 4.74 Å². The molecule has 12 heteroatoms. The lowest BCUT2D eigenvalue weighted by Gasteiger charge is -2.21. The minimum atomic E-state index is -5.98. The van der Waals surface area contributed by atoms with Gasteiger partial charge in [0.05, 0.1) is 28.1 Å². The predicted octanol–water partition coefficient (Wildman–Crippen LogP) is 4.58. The molecule has 0 bridgehead atoms. The summed E-state index contributed by atoms with van der Waals surface area (Å²) >= 11 is 2.80. The fraction of sp³-hybridized carbons (Fsp3) is 0.385. The van der Waals surface area contributed by atoms with Crippen LogP contribution in [0.15, 0.2) is 27.7 Å². The molecule has 138 valence electrons. The summed E-state index contributed by atoms with van der Waals surface area (Å²) in [7, 11) is 0. The Morgan fingerprint density at radius 2 is 1.92 bits per heavy atom. The van der Waals surface area contributed by atoms with Gasteiger partial charge in [-0.2, -0.15) is 22.0 Å². The average Bonchev–Trinajstić information content (AvgIpc) is 2.47. The van der Waals surface area contributed by atoms with Crippen LogP contribution in [0.4, 0.5) is 33.3 Å². The third-order valence-electron chi connectivity index (χ3n) is 2.73. The molecule has 0 saturated carbocycles. The first-order chi connectivity index (χ1) is 11.4. The summed E-state index contributed by atoms with van der Waals surface area (Å²) < 4.78 is 69.3. The summed E-state index contributed by atoms with van der Waals surface area (Å²) in [5, 5.41) is 10.6. The van der Waals surface area contributed by atoms with E-state index in [1.807, 2.05) is 0 Å². The lowest BCUT2D eigenvalue weighted by Crippen LogP contribution is -2.45. The Morgan fingerprint density at radius 3 is 2.36 bits per heavy atom. The molecule has 0 amide bonds. The maximum Gasteiger partial charge on any atom is 0.459 e. The van der Waals surface area contributed by atoms with Crippen LogP contribution in [-0.2, 0) is 9.53 Å². The van der Waals surface area contributed by atoms with Gasteiger partial charge in [0.2, 0.25) is 0 Å². The first-order valence-electron chi connectivity index (χ1n) is 6.52. The van der Waals surface area contributed by atoms with Crippen LogP contribution in [0.1, 0.15) is 13.3 Å². The van der Waals surface area contributed by atoms with Crippen LogP contribution in [-0.4, -0.2) is 35.3 Å². The zero-order valence-corrected chi connectivity index (χ0v) is 14.0. The molecular weight excluding hydrogens is 423 g/mol. The Kier molecular flexibility index (Phi) is 6.57. The van der Waals surface area contributed by atoms with Gasteiger partial charge in [0.15, 0.2) is 0 Å². The molecule has 0 unspecified atom stereocenters. The average molecular weight is 433 g/mol. The van der Waals surface area contributed by atoms with Crippen molar-refractivity contribution in [2.45, 2.75) is 25.4 Å². The third-order valence-corrected chi connectivity index (χ3v) is 3.37. The normalized spacial score (nSPS) is 12.8.